The molecular formula is C20H24N4O4. The number of benzene rings is 1. The van der Waals surface area contributed by atoms with E-state index in [1.54, 1.807) is 25.2 Å². The molecule has 0 spiro atoms. The van der Waals surface area contributed by atoms with Gasteiger partial charge in [0.25, 0.3) is 5.91 Å². The summed E-state index contributed by atoms with van der Waals surface area (Å²) < 4.78 is 10.6. The van der Waals surface area contributed by atoms with Crippen molar-refractivity contribution in [2.24, 2.45) is 0 Å². The lowest BCUT2D eigenvalue weighted by atomic mass is 10.0. The molecule has 28 heavy (non-hydrogen) atoms. The van der Waals surface area contributed by atoms with Crippen LogP contribution in [0.5, 0.6) is 11.5 Å². The summed E-state index contributed by atoms with van der Waals surface area (Å²) in [6.07, 6.45) is 2.97. The molecule has 8 heteroatoms. The lowest BCUT2D eigenvalue weighted by molar-refractivity contribution is -0.131. The monoisotopic (exact) mass is 384 g/mol. The third kappa shape index (κ3) is 3.67. The first kappa shape index (κ1) is 18.3. The van der Waals surface area contributed by atoms with Crippen LogP contribution in [0.15, 0.2) is 18.2 Å². The van der Waals surface area contributed by atoms with E-state index >= 15 is 0 Å². The number of rotatable bonds is 6. The number of ether oxygens (including phenoxy) is 2. The van der Waals surface area contributed by atoms with Gasteiger partial charge in [0.05, 0.1) is 20.6 Å². The molecule has 1 aliphatic carbocycles. The van der Waals surface area contributed by atoms with E-state index in [2.05, 4.69) is 15.5 Å². The molecule has 2 N–H and O–H groups in total. The molecule has 1 aromatic carbocycles. The second kappa shape index (κ2) is 7.53. The Kier molecular flexibility index (Phi) is 4.93. The van der Waals surface area contributed by atoms with Crippen molar-refractivity contribution in [3.05, 3.63) is 40.7 Å². The lowest BCUT2D eigenvalue weighted by Crippen LogP contribution is -2.38. The molecule has 4 rings (SSSR count). The molecule has 0 bridgehead atoms. The molecule has 8 nitrogen and oxygen atoms in total. The van der Waals surface area contributed by atoms with E-state index in [1.807, 2.05) is 12.1 Å². The van der Waals surface area contributed by atoms with Gasteiger partial charge in [-0.2, -0.15) is 5.10 Å². The summed E-state index contributed by atoms with van der Waals surface area (Å²) in [5, 5.41) is 10.1. The summed E-state index contributed by atoms with van der Waals surface area (Å²) in [7, 11) is 3.15. The summed E-state index contributed by atoms with van der Waals surface area (Å²) in [5.41, 5.74) is 3.03. The Labute approximate surface area is 163 Å². The first-order chi connectivity index (χ1) is 13.6. The summed E-state index contributed by atoms with van der Waals surface area (Å²) in [4.78, 5) is 27.0. The zero-order valence-corrected chi connectivity index (χ0v) is 16.1. The Morgan fingerprint density at radius 3 is 2.75 bits per heavy atom. The van der Waals surface area contributed by atoms with Crippen molar-refractivity contribution in [1.82, 2.24) is 20.4 Å². The van der Waals surface area contributed by atoms with E-state index in [0.717, 1.165) is 29.7 Å². The maximum Gasteiger partial charge on any atom is 0.272 e. The van der Waals surface area contributed by atoms with Gasteiger partial charge in [0.15, 0.2) is 17.2 Å². The van der Waals surface area contributed by atoms with Gasteiger partial charge in [0.1, 0.15) is 0 Å². The van der Waals surface area contributed by atoms with E-state index < -0.39 is 0 Å². The van der Waals surface area contributed by atoms with E-state index in [9.17, 15) is 9.59 Å². The number of amides is 2. The highest BCUT2D eigenvalue weighted by Crippen LogP contribution is 2.28. The minimum atomic E-state index is -0.158. The normalized spacial score (nSPS) is 15.7. The molecule has 0 unspecified atom stereocenters. The maximum absolute atomic E-state index is 12.8. The Morgan fingerprint density at radius 2 is 2.04 bits per heavy atom. The molecule has 1 saturated carbocycles. The van der Waals surface area contributed by atoms with Gasteiger partial charge in [-0.25, -0.2) is 0 Å². The molecule has 0 radical (unpaired) electrons. The van der Waals surface area contributed by atoms with Gasteiger partial charge in [-0.05, 0) is 30.5 Å². The van der Waals surface area contributed by atoms with Crippen LogP contribution < -0.4 is 14.8 Å². The van der Waals surface area contributed by atoms with Crippen molar-refractivity contribution in [3.63, 3.8) is 0 Å². The number of aromatic amines is 1. The van der Waals surface area contributed by atoms with Crippen LogP contribution in [0.25, 0.3) is 0 Å². The third-order valence-electron chi connectivity index (χ3n) is 5.22. The number of fused-ring (bicyclic) bond motifs is 1. The average molecular weight is 384 g/mol. The molecule has 1 fully saturated rings. The number of H-pyrrole nitrogens is 1. The van der Waals surface area contributed by atoms with Crippen molar-refractivity contribution < 1.29 is 19.1 Å². The molecule has 2 aliphatic rings. The average Bonchev–Trinajstić information content (AvgIpc) is 3.42. The van der Waals surface area contributed by atoms with E-state index in [4.69, 9.17) is 9.47 Å². The second-order valence-corrected chi connectivity index (χ2v) is 7.21. The summed E-state index contributed by atoms with van der Waals surface area (Å²) >= 11 is 0. The summed E-state index contributed by atoms with van der Waals surface area (Å²) in [5.74, 6) is 1.08. The number of carbonyl (C=O) groups is 2. The number of methoxy groups -OCH3 is 2. The molecule has 0 saturated heterocycles. The lowest BCUT2D eigenvalue weighted by Gasteiger charge is -2.27. The van der Waals surface area contributed by atoms with Crippen molar-refractivity contribution >= 4 is 11.8 Å². The van der Waals surface area contributed by atoms with Crippen molar-refractivity contribution in [3.8, 4) is 11.5 Å². The highest BCUT2D eigenvalue weighted by atomic mass is 16.5. The van der Waals surface area contributed by atoms with Gasteiger partial charge in [-0.15, -0.1) is 0 Å². The van der Waals surface area contributed by atoms with Gasteiger partial charge in [-0.3, -0.25) is 14.7 Å². The molecular weight excluding hydrogens is 360 g/mol. The maximum atomic E-state index is 12.8. The van der Waals surface area contributed by atoms with Crippen molar-refractivity contribution in [2.75, 3.05) is 20.8 Å². The highest BCUT2D eigenvalue weighted by Gasteiger charge is 2.30. The minimum Gasteiger partial charge on any atom is -0.493 e. The quantitative estimate of drug-likeness (QED) is 0.786. The fourth-order valence-corrected chi connectivity index (χ4v) is 3.45. The van der Waals surface area contributed by atoms with Crippen LogP contribution in [-0.4, -0.2) is 53.7 Å². The zero-order chi connectivity index (χ0) is 19.7. The fraction of sp³-hybridized carbons (Fsp3) is 0.450. The fourth-order valence-electron chi connectivity index (χ4n) is 3.45. The predicted octanol–water partition coefficient (Wildman–Crippen LogP) is 1.45. The second-order valence-electron chi connectivity index (χ2n) is 7.21. The van der Waals surface area contributed by atoms with Crippen LogP contribution in [0.3, 0.4) is 0 Å². The number of hydrogen-bond acceptors (Lipinski definition) is 5. The van der Waals surface area contributed by atoms with Crippen molar-refractivity contribution in [2.45, 2.75) is 38.3 Å². The molecule has 2 aromatic rings. The van der Waals surface area contributed by atoms with Crippen LogP contribution in [0.2, 0.25) is 0 Å². The number of carbonyl (C=O) groups excluding carboxylic acids is 2. The van der Waals surface area contributed by atoms with Crippen LogP contribution in [0.1, 0.15) is 40.2 Å². The Morgan fingerprint density at radius 1 is 1.25 bits per heavy atom. The minimum absolute atomic E-state index is 0.00706. The standard InChI is InChI=1S/C20H24N4O4/c1-27-16-6-3-12(9-17(16)28-2)10-18(25)24-8-7-15-14(11-24)19(23-22-15)20(26)21-13-4-5-13/h3,6,9,13H,4-5,7-8,10-11H2,1-2H3,(H,21,26)(H,22,23). The topological polar surface area (TPSA) is 96.5 Å². The van der Waals surface area contributed by atoms with E-state index in [1.165, 1.54) is 0 Å². The third-order valence-corrected chi connectivity index (χ3v) is 5.22. The Balaban J connectivity index is 1.45. The molecule has 2 amide bonds. The van der Waals surface area contributed by atoms with Crippen molar-refractivity contribution in [1.29, 1.82) is 0 Å². The predicted molar refractivity (Wildman–Crippen MR) is 101 cm³/mol. The number of hydrogen-bond donors (Lipinski definition) is 2. The van der Waals surface area contributed by atoms with Gasteiger partial charge in [0.2, 0.25) is 5.91 Å². The van der Waals surface area contributed by atoms with Gasteiger partial charge in [0, 0.05) is 36.8 Å². The molecule has 1 aliphatic heterocycles. The smallest absolute Gasteiger partial charge is 0.272 e. The van der Waals surface area contributed by atoms with Gasteiger partial charge in [-0.1, -0.05) is 6.07 Å². The zero-order valence-electron chi connectivity index (χ0n) is 16.1. The summed E-state index contributed by atoms with van der Waals surface area (Å²) in [6.45, 7) is 0.996. The van der Waals surface area contributed by atoms with Crippen LogP contribution in [0, 0.1) is 0 Å². The Bertz CT molecular complexity index is 904. The molecule has 1 aromatic heterocycles. The van der Waals surface area contributed by atoms with E-state index in [-0.39, 0.29) is 24.3 Å². The van der Waals surface area contributed by atoms with Gasteiger partial charge < -0.3 is 19.7 Å². The van der Waals surface area contributed by atoms with Crippen LogP contribution in [-0.2, 0) is 24.2 Å². The first-order valence-electron chi connectivity index (χ1n) is 9.44. The largest absolute Gasteiger partial charge is 0.493 e. The van der Waals surface area contributed by atoms with E-state index in [0.29, 0.717) is 36.7 Å². The number of nitrogens with zero attached hydrogens (tertiary/aromatic N) is 2. The number of nitrogens with one attached hydrogen (secondary N) is 2. The summed E-state index contributed by atoms with van der Waals surface area (Å²) in [6, 6.07) is 5.75. The highest BCUT2D eigenvalue weighted by molar-refractivity contribution is 5.94. The van der Waals surface area contributed by atoms with Gasteiger partial charge >= 0.3 is 0 Å². The SMILES string of the molecule is COc1ccc(CC(=O)N2CCc3[nH]nc(C(=O)NC4CC4)c3C2)cc1OC. The number of aromatic nitrogens is 2. The van der Waals surface area contributed by atoms with Crippen LogP contribution >= 0.6 is 0 Å². The Hall–Kier alpha value is -3.03. The molecule has 2 heterocycles. The molecule has 148 valence electrons. The van der Waals surface area contributed by atoms with Crippen LogP contribution in [0.4, 0.5) is 0 Å². The first-order valence-corrected chi connectivity index (χ1v) is 9.44. The molecule has 0 atom stereocenters.